The van der Waals surface area contributed by atoms with E-state index in [4.69, 9.17) is 23.2 Å². The summed E-state index contributed by atoms with van der Waals surface area (Å²) in [4.78, 5) is 19.6. The average molecular weight is 614 g/mol. The second kappa shape index (κ2) is 11.6. The number of anilines is 1. The van der Waals surface area contributed by atoms with Gasteiger partial charge in [-0.1, -0.05) is 83.9 Å². The molecule has 0 aliphatic carbocycles. The number of urea groups is 1. The first-order valence-electron chi connectivity index (χ1n) is 13.7. The van der Waals surface area contributed by atoms with Gasteiger partial charge in [0.15, 0.2) is 6.04 Å². The fourth-order valence-electron chi connectivity index (χ4n) is 6.08. The highest BCUT2D eigenvalue weighted by molar-refractivity contribution is 6.34. The number of hydrogen-bond donors (Lipinski definition) is 0. The molecule has 218 valence electrons. The Hall–Kier alpha value is -3.53. The number of fused-ring (bicyclic) bond motifs is 1. The van der Waals surface area contributed by atoms with Crippen LogP contribution in [-0.4, -0.2) is 58.0 Å². The van der Waals surface area contributed by atoms with E-state index in [1.54, 1.807) is 41.3 Å². The molecule has 6 nitrogen and oxygen atoms in total. The van der Waals surface area contributed by atoms with Crippen LogP contribution >= 0.6 is 23.2 Å². The summed E-state index contributed by atoms with van der Waals surface area (Å²) in [5.41, 5.74) is 2.66. The van der Waals surface area contributed by atoms with E-state index in [-0.39, 0.29) is 24.3 Å². The van der Waals surface area contributed by atoms with Crippen LogP contribution in [-0.2, 0) is 0 Å². The molecule has 4 aromatic rings. The van der Waals surface area contributed by atoms with E-state index in [0.29, 0.717) is 41.8 Å². The van der Waals surface area contributed by atoms with Gasteiger partial charge < -0.3 is 4.90 Å². The number of hydrogen-bond acceptors (Lipinski definition) is 3. The summed E-state index contributed by atoms with van der Waals surface area (Å²) in [7, 11) is 0. The minimum absolute atomic E-state index is 0.138. The van der Waals surface area contributed by atoms with Crippen LogP contribution < -0.4 is 4.90 Å². The lowest BCUT2D eigenvalue weighted by Crippen LogP contribution is -2.56. The number of piperazine rings is 1. The molecule has 0 bridgehead atoms. The maximum absolute atomic E-state index is 14.1. The van der Waals surface area contributed by atoms with Gasteiger partial charge in [0.05, 0.1) is 18.3 Å². The molecule has 42 heavy (non-hydrogen) atoms. The number of benzene rings is 3. The molecule has 0 radical (unpaired) electrons. The van der Waals surface area contributed by atoms with Crippen LogP contribution in [0.15, 0.2) is 91.1 Å². The zero-order chi connectivity index (χ0) is 29.4. The van der Waals surface area contributed by atoms with E-state index < -0.39 is 18.3 Å². The van der Waals surface area contributed by atoms with E-state index in [0.717, 1.165) is 15.8 Å². The smallest absolute Gasteiger partial charge is 0.322 e. The predicted octanol–water partition coefficient (Wildman–Crippen LogP) is 7.77. The minimum atomic E-state index is -4.51. The maximum Gasteiger partial charge on any atom is 0.410 e. The average Bonchev–Trinajstić information content (AvgIpc) is 3.46. The third kappa shape index (κ3) is 5.61. The van der Waals surface area contributed by atoms with Crippen LogP contribution in [0.5, 0.6) is 0 Å². The molecule has 11 heteroatoms. The van der Waals surface area contributed by atoms with Crippen LogP contribution in [0.25, 0.3) is 0 Å². The Balaban J connectivity index is 1.28. The molecule has 1 fully saturated rings. The number of nitrogens with zero attached hydrogens (tertiary/aromatic N) is 5. The second-order valence-electron chi connectivity index (χ2n) is 10.5. The molecular formula is C31H28Cl2F3N5O. The largest absolute Gasteiger partial charge is 0.410 e. The highest BCUT2D eigenvalue weighted by atomic mass is 35.5. The Labute approximate surface area is 251 Å². The highest BCUT2D eigenvalue weighted by Gasteiger charge is 2.50. The Kier molecular flexibility index (Phi) is 7.91. The topological polar surface area (TPSA) is 44.6 Å². The maximum atomic E-state index is 14.1. The van der Waals surface area contributed by atoms with E-state index in [1.165, 1.54) is 17.2 Å². The molecule has 3 atom stereocenters. The zero-order valence-electron chi connectivity index (χ0n) is 22.5. The molecular weight excluding hydrogens is 586 g/mol. The fourth-order valence-corrected chi connectivity index (χ4v) is 6.63. The van der Waals surface area contributed by atoms with Gasteiger partial charge in [-0.05, 0) is 34.9 Å². The third-order valence-electron chi connectivity index (χ3n) is 7.98. The summed E-state index contributed by atoms with van der Waals surface area (Å²) < 4.78 is 43.3. The molecule has 1 saturated heterocycles. The summed E-state index contributed by atoms with van der Waals surface area (Å²) in [6.07, 6.45) is -3.51. The first kappa shape index (κ1) is 28.6. The Bertz CT molecular complexity index is 1520. The first-order chi connectivity index (χ1) is 20.2. The van der Waals surface area contributed by atoms with E-state index in [2.05, 4.69) is 10.00 Å². The molecule has 2 aliphatic heterocycles. The molecule has 0 spiro atoms. The molecule has 0 N–H and O–H groups in total. The SMILES string of the molecule is O=C(N1CCN(C(c2ccccc2)c2cc(Cl)cc(Cl)c2)CC1)N1c2ccnn2C(C(F)(F)F)CC1c1ccccc1. The predicted molar refractivity (Wildman–Crippen MR) is 157 cm³/mol. The van der Waals surface area contributed by atoms with Crippen molar-refractivity contribution >= 4 is 35.1 Å². The van der Waals surface area contributed by atoms with Crippen LogP contribution in [0, 0.1) is 0 Å². The number of carbonyl (C=O) groups excluding carboxylic acids is 1. The van der Waals surface area contributed by atoms with Gasteiger partial charge in [0.1, 0.15) is 5.82 Å². The molecule has 6 rings (SSSR count). The number of alkyl halides is 3. The van der Waals surface area contributed by atoms with Gasteiger partial charge in [-0.2, -0.15) is 18.3 Å². The van der Waals surface area contributed by atoms with Gasteiger partial charge in [0, 0.05) is 48.7 Å². The van der Waals surface area contributed by atoms with Crippen molar-refractivity contribution in [1.82, 2.24) is 19.6 Å². The molecule has 3 aromatic carbocycles. The van der Waals surface area contributed by atoms with Crippen LogP contribution in [0.1, 0.15) is 41.2 Å². The molecule has 2 amide bonds. The Morgan fingerprint density at radius 3 is 2.07 bits per heavy atom. The lowest BCUT2D eigenvalue weighted by atomic mass is 9.95. The first-order valence-corrected chi connectivity index (χ1v) is 14.4. The summed E-state index contributed by atoms with van der Waals surface area (Å²) in [5, 5.41) is 5.06. The van der Waals surface area contributed by atoms with Gasteiger partial charge in [-0.3, -0.25) is 9.80 Å². The van der Waals surface area contributed by atoms with Crippen molar-refractivity contribution in [3.8, 4) is 0 Å². The van der Waals surface area contributed by atoms with Crippen molar-refractivity contribution in [2.24, 2.45) is 0 Å². The lowest BCUT2D eigenvalue weighted by Gasteiger charge is -2.45. The van der Waals surface area contributed by atoms with Gasteiger partial charge in [0.2, 0.25) is 0 Å². The number of aromatic nitrogens is 2. The number of amides is 2. The van der Waals surface area contributed by atoms with Crippen molar-refractivity contribution in [3.63, 3.8) is 0 Å². The number of rotatable bonds is 4. The quantitative estimate of drug-likeness (QED) is 0.236. The number of halogens is 5. The second-order valence-corrected chi connectivity index (χ2v) is 11.4. The Morgan fingerprint density at radius 2 is 1.45 bits per heavy atom. The van der Waals surface area contributed by atoms with Gasteiger partial charge in [0.25, 0.3) is 0 Å². The summed E-state index contributed by atoms with van der Waals surface area (Å²) >= 11 is 12.7. The summed E-state index contributed by atoms with van der Waals surface area (Å²) in [6, 6.07) is 22.8. The van der Waals surface area contributed by atoms with E-state index in [9.17, 15) is 18.0 Å². The molecule has 1 aromatic heterocycles. The van der Waals surface area contributed by atoms with Gasteiger partial charge >= 0.3 is 12.2 Å². The molecule has 3 unspecified atom stereocenters. The zero-order valence-corrected chi connectivity index (χ0v) is 24.0. The summed E-state index contributed by atoms with van der Waals surface area (Å²) in [5.74, 6) is 0.139. The normalized spacial score (nSPS) is 20.3. The monoisotopic (exact) mass is 613 g/mol. The number of carbonyl (C=O) groups is 1. The molecule has 3 heterocycles. The fraction of sp³-hybridized carbons (Fsp3) is 0.290. The lowest BCUT2D eigenvalue weighted by molar-refractivity contribution is -0.174. The molecule has 2 aliphatic rings. The van der Waals surface area contributed by atoms with Gasteiger partial charge in [-0.25, -0.2) is 9.48 Å². The van der Waals surface area contributed by atoms with Gasteiger partial charge in [-0.15, -0.1) is 0 Å². The molecule has 0 saturated carbocycles. The van der Waals surface area contributed by atoms with Crippen molar-refractivity contribution in [3.05, 3.63) is 118 Å². The van der Waals surface area contributed by atoms with Crippen LogP contribution in [0.2, 0.25) is 10.0 Å². The van der Waals surface area contributed by atoms with Crippen molar-refractivity contribution in [2.45, 2.75) is 30.7 Å². The van der Waals surface area contributed by atoms with Crippen molar-refractivity contribution in [1.29, 1.82) is 0 Å². The minimum Gasteiger partial charge on any atom is -0.322 e. The van der Waals surface area contributed by atoms with Crippen molar-refractivity contribution in [2.75, 3.05) is 31.1 Å². The van der Waals surface area contributed by atoms with E-state index >= 15 is 0 Å². The van der Waals surface area contributed by atoms with E-state index in [1.807, 2.05) is 42.5 Å². The third-order valence-corrected chi connectivity index (χ3v) is 8.42. The Morgan fingerprint density at radius 1 is 0.833 bits per heavy atom. The summed E-state index contributed by atoms with van der Waals surface area (Å²) in [6.45, 7) is 1.88. The van der Waals surface area contributed by atoms with Crippen LogP contribution in [0.3, 0.4) is 0 Å². The standard InChI is InChI=1S/C31H28Cl2F3N5O/c32-24-17-23(18-25(33)19-24)29(22-9-5-2-6-10-22)38-13-15-39(16-14-38)30(42)40-26(21-7-3-1-4-8-21)20-27(31(34,35)36)41-28(40)11-12-37-41/h1-12,17-19,26-27,29H,13-16,20H2. The van der Waals surface area contributed by atoms with Crippen LogP contribution in [0.4, 0.5) is 23.8 Å². The van der Waals surface area contributed by atoms with Crippen molar-refractivity contribution < 1.29 is 18.0 Å². The highest BCUT2D eigenvalue weighted by Crippen LogP contribution is 2.47.